The van der Waals surface area contributed by atoms with Crippen molar-refractivity contribution in [2.24, 2.45) is 0 Å². The van der Waals surface area contributed by atoms with Gasteiger partial charge in [-0.15, -0.1) is 0 Å². The second-order valence-electron chi connectivity index (χ2n) is 8.53. The minimum Gasteiger partial charge on any atom is -0.0614 e. The number of hydrogen-bond donors (Lipinski definition) is 0. The molecule has 4 aromatic carbocycles. The van der Waals surface area contributed by atoms with Crippen LogP contribution in [0, 0.1) is 41.5 Å². The van der Waals surface area contributed by atoms with Gasteiger partial charge in [0.15, 0.2) is 0 Å². The van der Waals surface area contributed by atoms with Gasteiger partial charge in [-0.05, 0) is 115 Å². The van der Waals surface area contributed by atoms with Crippen molar-refractivity contribution >= 4 is 0 Å². The lowest BCUT2D eigenvalue weighted by molar-refractivity contribution is 1.18. The molecule has 0 N–H and O–H groups in total. The number of benzene rings is 4. The lowest BCUT2D eigenvalue weighted by Gasteiger charge is -2.19. The molecule has 4 aromatic rings. The molecule has 0 radical (unpaired) electrons. The van der Waals surface area contributed by atoms with E-state index in [9.17, 15) is 0 Å². The monoisotopic (exact) mass is 390 g/mol. The van der Waals surface area contributed by atoms with Crippen molar-refractivity contribution in [2.75, 3.05) is 0 Å². The third kappa shape index (κ3) is 3.59. The lowest BCUT2D eigenvalue weighted by Crippen LogP contribution is -1.99. The van der Waals surface area contributed by atoms with Crippen molar-refractivity contribution in [3.05, 3.63) is 106 Å². The van der Waals surface area contributed by atoms with Gasteiger partial charge in [-0.2, -0.15) is 0 Å². The summed E-state index contributed by atoms with van der Waals surface area (Å²) >= 11 is 0. The Morgan fingerprint density at radius 3 is 1.23 bits per heavy atom. The van der Waals surface area contributed by atoms with Gasteiger partial charge in [-0.3, -0.25) is 0 Å². The Balaban J connectivity index is 1.82. The average molecular weight is 391 g/mol. The predicted octanol–water partition coefficient (Wildman–Crippen LogP) is 8.54. The van der Waals surface area contributed by atoms with Crippen LogP contribution in [0.5, 0.6) is 0 Å². The van der Waals surface area contributed by atoms with Crippen LogP contribution in [0.2, 0.25) is 0 Å². The highest BCUT2D eigenvalue weighted by molar-refractivity contribution is 5.80. The first-order valence-corrected chi connectivity index (χ1v) is 10.7. The zero-order valence-corrected chi connectivity index (χ0v) is 18.9. The van der Waals surface area contributed by atoms with Gasteiger partial charge in [0.1, 0.15) is 0 Å². The molecule has 0 amide bonds. The molecule has 0 fully saturated rings. The molecule has 0 saturated carbocycles. The van der Waals surface area contributed by atoms with Gasteiger partial charge in [-0.25, -0.2) is 0 Å². The van der Waals surface area contributed by atoms with Crippen molar-refractivity contribution in [1.29, 1.82) is 0 Å². The molecule has 0 bridgehead atoms. The molecule has 150 valence electrons. The Morgan fingerprint density at radius 2 is 0.733 bits per heavy atom. The SMILES string of the molecule is Cc1cccc(-c2cccc(-c3cccc(-c4c(C)c(C)c(C)c(C)c4C)c3)c2)c1. The van der Waals surface area contributed by atoms with Crippen LogP contribution in [0.15, 0.2) is 72.8 Å². The highest BCUT2D eigenvalue weighted by atomic mass is 14.2. The highest BCUT2D eigenvalue weighted by Crippen LogP contribution is 2.36. The van der Waals surface area contributed by atoms with Gasteiger partial charge >= 0.3 is 0 Å². The zero-order valence-electron chi connectivity index (χ0n) is 18.9. The quantitative estimate of drug-likeness (QED) is 0.329. The fourth-order valence-electron chi connectivity index (χ4n) is 4.49. The summed E-state index contributed by atoms with van der Waals surface area (Å²) in [6.07, 6.45) is 0. The minimum atomic E-state index is 1.26. The molecule has 4 rings (SSSR count). The molecule has 0 unspecified atom stereocenters. The van der Waals surface area contributed by atoms with E-state index in [1.807, 2.05) is 0 Å². The fraction of sp³-hybridized carbons (Fsp3) is 0.200. The normalized spacial score (nSPS) is 11.0. The number of rotatable bonds is 3. The summed E-state index contributed by atoms with van der Waals surface area (Å²) in [5.41, 5.74) is 16.0. The molecule has 0 aliphatic carbocycles. The molecule has 0 atom stereocenters. The number of hydrogen-bond acceptors (Lipinski definition) is 0. The first-order chi connectivity index (χ1) is 14.4. The summed E-state index contributed by atoms with van der Waals surface area (Å²) in [4.78, 5) is 0. The van der Waals surface area contributed by atoms with Crippen LogP contribution in [0.25, 0.3) is 33.4 Å². The summed E-state index contributed by atoms with van der Waals surface area (Å²) in [7, 11) is 0. The van der Waals surface area contributed by atoms with Crippen LogP contribution in [-0.2, 0) is 0 Å². The average Bonchev–Trinajstić information content (AvgIpc) is 2.77. The molecular weight excluding hydrogens is 360 g/mol. The van der Waals surface area contributed by atoms with Gasteiger partial charge in [0.25, 0.3) is 0 Å². The largest absolute Gasteiger partial charge is 0.0614 e. The summed E-state index contributed by atoms with van der Waals surface area (Å²) in [5.74, 6) is 0. The van der Waals surface area contributed by atoms with E-state index < -0.39 is 0 Å². The van der Waals surface area contributed by atoms with Crippen LogP contribution in [0.4, 0.5) is 0 Å². The van der Waals surface area contributed by atoms with E-state index in [4.69, 9.17) is 0 Å². The van der Waals surface area contributed by atoms with E-state index in [-0.39, 0.29) is 0 Å². The molecule has 0 saturated heterocycles. The summed E-state index contributed by atoms with van der Waals surface area (Å²) in [6, 6.07) is 26.6. The van der Waals surface area contributed by atoms with Crippen LogP contribution in [0.3, 0.4) is 0 Å². The molecule has 0 spiro atoms. The Kier molecular flexibility index (Phi) is 5.35. The standard InChI is InChI=1S/C30H30/c1-19-10-7-11-25(16-19)26-12-8-13-27(17-26)28-14-9-15-29(18-28)30-23(5)21(3)20(2)22(4)24(30)6/h7-18H,1-6H3. The van der Waals surface area contributed by atoms with Crippen LogP contribution in [-0.4, -0.2) is 0 Å². The Hall–Kier alpha value is -3.12. The first kappa shape index (κ1) is 20.2. The van der Waals surface area contributed by atoms with E-state index >= 15 is 0 Å². The van der Waals surface area contributed by atoms with Gasteiger partial charge in [0.2, 0.25) is 0 Å². The zero-order chi connectivity index (χ0) is 21.4. The topological polar surface area (TPSA) is 0 Å². The summed E-state index contributed by atoms with van der Waals surface area (Å²) < 4.78 is 0. The molecule has 0 heterocycles. The highest BCUT2D eigenvalue weighted by Gasteiger charge is 2.14. The van der Waals surface area contributed by atoms with Crippen molar-refractivity contribution in [3.63, 3.8) is 0 Å². The molecule has 0 aliphatic heterocycles. The first-order valence-electron chi connectivity index (χ1n) is 10.7. The van der Waals surface area contributed by atoms with Crippen LogP contribution >= 0.6 is 0 Å². The Labute approximate surface area is 181 Å². The molecule has 0 aromatic heterocycles. The van der Waals surface area contributed by atoms with Crippen molar-refractivity contribution < 1.29 is 0 Å². The smallest absolute Gasteiger partial charge is 0.0120 e. The molecule has 0 aliphatic rings. The lowest BCUT2D eigenvalue weighted by atomic mass is 9.85. The third-order valence-electron chi connectivity index (χ3n) is 6.70. The van der Waals surface area contributed by atoms with Crippen molar-refractivity contribution in [2.45, 2.75) is 41.5 Å². The van der Waals surface area contributed by atoms with Gasteiger partial charge < -0.3 is 0 Å². The van der Waals surface area contributed by atoms with Gasteiger partial charge in [-0.1, -0.05) is 66.2 Å². The third-order valence-corrected chi connectivity index (χ3v) is 6.70. The van der Waals surface area contributed by atoms with E-state index in [2.05, 4.69) is 114 Å². The van der Waals surface area contributed by atoms with E-state index in [0.29, 0.717) is 0 Å². The maximum atomic E-state index is 2.35. The molecular formula is C30H30. The Morgan fingerprint density at radius 1 is 0.367 bits per heavy atom. The van der Waals surface area contributed by atoms with Gasteiger partial charge in [0.05, 0.1) is 0 Å². The van der Waals surface area contributed by atoms with Crippen LogP contribution in [0.1, 0.15) is 33.4 Å². The fourth-order valence-corrected chi connectivity index (χ4v) is 4.49. The second kappa shape index (κ2) is 7.95. The van der Waals surface area contributed by atoms with Gasteiger partial charge in [0, 0.05) is 0 Å². The van der Waals surface area contributed by atoms with E-state index in [0.717, 1.165) is 0 Å². The van der Waals surface area contributed by atoms with Crippen molar-refractivity contribution in [1.82, 2.24) is 0 Å². The Bertz CT molecular complexity index is 1210. The van der Waals surface area contributed by atoms with E-state index in [1.54, 1.807) is 0 Å². The van der Waals surface area contributed by atoms with Crippen molar-refractivity contribution in [3.8, 4) is 33.4 Å². The maximum absolute atomic E-state index is 2.35. The molecule has 30 heavy (non-hydrogen) atoms. The predicted molar refractivity (Wildman–Crippen MR) is 131 cm³/mol. The summed E-state index contributed by atoms with van der Waals surface area (Å²) in [5, 5.41) is 0. The molecule has 0 heteroatoms. The second-order valence-corrected chi connectivity index (χ2v) is 8.53. The molecule has 0 nitrogen and oxygen atoms in total. The number of aryl methyl sites for hydroxylation is 1. The van der Waals surface area contributed by atoms with E-state index in [1.165, 1.54) is 66.8 Å². The maximum Gasteiger partial charge on any atom is -0.0120 e. The minimum absolute atomic E-state index is 1.26. The van der Waals surface area contributed by atoms with Crippen LogP contribution < -0.4 is 0 Å². The summed E-state index contributed by atoms with van der Waals surface area (Å²) in [6.45, 7) is 13.4.